The summed E-state index contributed by atoms with van der Waals surface area (Å²) in [6, 6.07) is -1.15. The summed E-state index contributed by atoms with van der Waals surface area (Å²) in [5, 5.41) is 20.3. The van der Waals surface area contributed by atoms with Gasteiger partial charge in [-0.2, -0.15) is 0 Å². The topological polar surface area (TPSA) is 151 Å². The molecule has 0 aliphatic heterocycles. The van der Waals surface area contributed by atoms with Crippen molar-refractivity contribution in [1.29, 1.82) is 0 Å². The summed E-state index contributed by atoms with van der Waals surface area (Å²) in [4.78, 5) is 24.9. The molecule has 0 rings (SSSR count). The molecule has 0 heterocycles. The number of nitrogens with one attached hydrogen (secondary N) is 1. The number of guanidine groups is 1. The van der Waals surface area contributed by atoms with E-state index in [9.17, 15) is 14.7 Å². The minimum Gasteiger partial charge on any atom is -0.480 e. The van der Waals surface area contributed by atoms with Crippen molar-refractivity contribution in [3.63, 3.8) is 0 Å². The lowest BCUT2D eigenvalue weighted by molar-refractivity contribution is -0.142. The molecule has 0 aromatic heterocycles. The van der Waals surface area contributed by atoms with Gasteiger partial charge in [0.05, 0.1) is 12.6 Å². The lowest BCUT2D eigenvalue weighted by Crippen LogP contribution is -2.42. The number of nitrogens with zero attached hydrogens (tertiary/aromatic N) is 1. The molecular formula is C8H16N4O4. The number of aliphatic carboxylic acids is 1. The second-order valence-electron chi connectivity index (χ2n) is 3.25. The molecule has 8 heteroatoms. The molecule has 1 unspecified atom stereocenters. The number of hydrogen-bond acceptors (Lipinski definition) is 4. The summed E-state index contributed by atoms with van der Waals surface area (Å²) < 4.78 is 0. The first-order valence-corrected chi connectivity index (χ1v) is 4.56. The summed E-state index contributed by atoms with van der Waals surface area (Å²) in [6.07, 6.45) is -1.19. The number of aliphatic hydroxyl groups is 1. The van der Waals surface area contributed by atoms with Gasteiger partial charge in [-0.15, -0.1) is 0 Å². The van der Waals surface area contributed by atoms with Gasteiger partial charge < -0.3 is 27.0 Å². The normalized spacial score (nSPS) is 13.6. The number of carbonyl (C=O) groups is 2. The van der Waals surface area contributed by atoms with Crippen molar-refractivity contribution in [3.05, 3.63) is 0 Å². The maximum atomic E-state index is 10.7. The van der Waals surface area contributed by atoms with Crippen molar-refractivity contribution >= 4 is 17.8 Å². The van der Waals surface area contributed by atoms with Crippen molar-refractivity contribution in [2.24, 2.45) is 16.5 Å². The Morgan fingerprint density at radius 1 is 1.44 bits per heavy atom. The van der Waals surface area contributed by atoms with Crippen LogP contribution in [0, 0.1) is 0 Å². The highest BCUT2D eigenvalue weighted by atomic mass is 16.4. The third kappa shape index (κ3) is 6.60. The molecule has 1 amide bonds. The van der Waals surface area contributed by atoms with Crippen LogP contribution >= 0.6 is 0 Å². The predicted molar refractivity (Wildman–Crippen MR) is 56.5 cm³/mol. The smallest absolute Gasteiger partial charge is 0.326 e. The molecule has 0 saturated carbocycles. The highest BCUT2D eigenvalue weighted by Gasteiger charge is 2.21. The van der Waals surface area contributed by atoms with E-state index in [4.69, 9.17) is 16.6 Å². The highest BCUT2D eigenvalue weighted by molar-refractivity contribution is 5.82. The van der Waals surface area contributed by atoms with Crippen LogP contribution in [0.2, 0.25) is 0 Å². The monoisotopic (exact) mass is 232 g/mol. The fourth-order valence-electron chi connectivity index (χ4n) is 1.02. The molecule has 0 fully saturated rings. The molecule has 0 aromatic rings. The summed E-state index contributed by atoms with van der Waals surface area (Å²) in [5.41, 5.74) is 10.1. The number of carbonyl (C=O) groups excluding carboxylic acids is 1. The van der Waals surface area contributed by atoms with Crippen LogP contribution < -0.4 is 16.8 Å². The molecule has 0 radical (unpaired) electrons. The van der Waals surface area contributed by atoms with Gasteiger partial charge in [0.15, 0.2) is 5.96 Å². The Labute approximate surface area is 92.3 Å². The van der Waals surface area contributed by atoms with Crippen molar-refractivity contribution in [3.8, 4) is 0 Å². The molecule has 8 nitrogen and oxygen atoms in total. The van der Waals surface area contributed by atoms with E-state index in [0.717, 1.165) is 0 Å². The molecule has 0 saturated heterocycles. The number of rotatable bonds is 6. The number of carboxylic acid groups (broad SMARTS) is 1. The van der Waals surface area contributed by atoms with Crippen LogP contribution in [-0.4, -0.2) is 46.7 Å². The van der Waals surface area contributed by atoms with Crippen molar-refractivity contribution in [1.82, 2.24) is 5.32 Å². The Bertz CT molecular complexity index is 288. The van der Waals surface area contributed by atoms with Crippen molar-refractivity contribution in [2.45, 2.75) is 25.5 Å². The third-order valence-corrected chi connectivity index (χ3v) is 1.67. The predicted octanol–water partition coefficient (Wildman–Crippen LogP) is -2.40. The van der Waals surface area contributed by atoms with Gasteiger partial charge in [-0.1, -0.05) is 0 Å². The van der Waals surface area contributed by atoms with E-state index in [0.29, 0.717) is 0 Å². The van der Waals surface area contributed by atoms with Gasteiger partial charge in [-0.05, 0) is 0 Å². The summed E-state index contributed by atoms with van der Waals surface area (Å²) >= 11 is 0. The molecule has 0 aromatic carbocycles. The van der Waals surface area contributed by atoms with Crippen molar-refractivity contribution in [2.75, 3.05) is 6.54 Å². The van der Waals surface area contributed by atoms with Gasteiger partial charge in [0, 0.05) is 13.3 Å². The van der Waals surface area contributed by atoms with E-state index in [2.05, 4.69) is 10.3 Å². The van der Waals surface area contributed by atoms with Crippen LogP contribution in [0.1, 0.15) is 13.3 Å². The molecule has 16 heavy (non-hydrogen) atoms. The first-order valence-electron chi connectivity index (χ1n) is 4.56. The molecule has 0 aliphatic carbocycles. The third-order valence-electron chi connectivity index (χ3n) is 1.67. The standard InChI is InChI=1S/C8H16N4O4/c1-4(13)12-6(7(15)16)2-5(14)3-11-8(9)10/h5-6,14H,2-3H2,1H3,(H,12,13)(H,15,16)(H4,9,10,11)/t5?,6-/m1/s1. The van der Waals surface area contributed by atoms with E-state index >= 15 is 0 Å². The summed E-state index contributed by atoms with van der Waals surface area (Å²) in [6.45, 7) is 1.09. The Morgan fingerprint density at radius 3 is 2.38 bits per heavy atom. The quantitative estimate of drug-likeness (QED) is 0.254. The molecule has 7 N–H and O–H groups in total. The average Bonchev–Trinajstić information content (AvgIpc) is 2.12. The number of carboxylic acids is 1. The van der Waals surface area contributed by atoms with Crippen LogP contribution in [-0.2, 0) is 9.59 Å². The number of aliphatic imine (C=N–C) groups is 1. The van der Waals surface area contributed by atoms with Gasteiger partial charge in [0.25, 0.3) is 0 Å². The molecule has 2 atom stereocenters. The molecule has 0 spiro atoms. The Morgan fingerprint density at radius 2 is 2.00 bits per heavy atom. The lowest BCUT2D eigenvalue weighted by atomic mass is 10.1. The van der Waals surface area contributed by atoms with Gasteiger partial charge >= 0.3 is 5.97 Å². The second-order valence-corrected chi connectivity index (χ2v) is 3.25. The van der Waals surface area contributed by atoms with Crippen LogP contribution in [0.4, 0.5) is 0 Å². The average molecular weight is 232 g/mol. The number of hydrogen-bond donors (Lipinski definition) is 5. The zero-order valence-electron chi connectivity index (χ0n) is 8.88. The summed E-state index contributed by atoms with van der Waals surface area (Å²) in [7, 11) is 0. The zero-order valence-corrected chi connectivity index (χ0v) is 8.88. The minimum absolute atomic E-state index is 0.105. The van der Waals surface area contributed by atoms with Crippen LogP contribution in [0.15, 0.2) is 4.99 Å². The maximum Gasteiger partial charge on any atom is 0.326 e. The first-order chi connectivity index (χ1) is 7.32. The van der Waals surface area contributed by atoms with Gasteiger partial charge in [-0.25, -0.2) is 4.79 Å². The van der Waals surface area contributed by atoms with E-state index in [1.807, 2.05) is 0 Å². The second kappa shape index (κ2) is 6.62. The van der Waals surface area contributed by atoms with Gasteiger partial charge in [-0.3, -0.25) is 9.79 Å². The fraction of sp³-hybridized carbons (Fsp3) is 0.625. The Hall–Kier alpha value is -1.83. The number of amides is 1. The minimum atomic E-state index is -1.22. The largest absolute Gasteiger partial charge is 0.480 e. The van der Waals surface area contributed by atoms with E-state index in [1.54, 1.807) is 0 Å². The van der Waals surface area contributed by atoms with E-state index in [-0.39, 0.29) is 18.9 Å². The van der Waals surface area contributed by atoms with Crippen LogP contribution in [0.25, 0.3) is 0 Å². The fourth-order valence-corrected chi connectivity index (χ4v) is 1.02. The number of aliphatic hydroxyl groups excluding tert-OH is 1. The molecule has 92 valence electrons. The first kappa shape index (κ1) is 14.2. The highest BCUT2D eigenvalue weighted by Crippen LogP contribution is 2.00. The van der Waals surface area contributed by atoms with Crippen LogP contribution in [0.5, 0.6) is 0 Å². The Balaban J connectivity index is 4.23. The van der Waals surface area contributed by atoms with Gasteiger partial charge in [0.1, 0.15) is 6.04 Å². The van der Waals surface area contributed by atoms with Gasteiger partial charge in [0.2, 0.25) is 5.91 Å². The number of nitrogens with two attached hydrogens (primary N) is 2. The maximum absolute atomic E-state index is 10.7. The van der Waals surface area contributed by atoms with E-state index in [1.165, 1.54) is 6.92 Å². The molecule has 0 aliphatic rings. The molecule has 0 bridgehead atoms. The molecular weight excluding hydrogens is 216 g/mol. The van der Waals surface area contributed by atoms with E-state index < -0.39 is 24.0 Å². The zero-order chi connectivity index (χ0) is 12.7. The SMILES string of the molecule is CC(=O)N[C@H](CC(O)CN=C(N)N)C(=O)O. The van der Waals surface area contributed by atoms with Crippen molar-refractivity contribution < 1.29 is 19.8 Å². The lowest BCUT2D eigenvalue weighted by Gasteiger charge is -2.16. The Kier molecular flexibility index (Phi) is 5.86. The summed E-state index contributed by atoms with van der Waals surface area (Å²) in [5.74, 6) is -1.90. The van der Waals surface area contributed by atoms with Crippen LogP contribution in [0.3, 0.4) is 0 Å².